The fourth-order valence-electron chi connectivity index (χ4n) is 1.12. The van der Waals surface area contributed by atoms with Crippen LogP contribution in [0.15, 0.2) is 36.5 Å². The van der Waals surface area contributed by atoms with E-state index in [1.165, 1.54) is 12.3 Å². The summed E-state index contributed by atoms with van der Waals surface area (Å²) in [5, 5.41) is 16.8. The summed E-state index contributed by atoms with van der Waals surface area (Å²) in [4.78, 5) is 0. The smallest absolute Gasteiger partial charge is 0.256 e. The Morgan fingerprint density at radius 1 is 1.31 bits per heavy atom. The van der Waals surface area contributed by atoms with Crippen LogP contribution in [0.4, 0.5) is 0 Å². The van der Waals surface area contributed by atoms with E-state index in [9.17, 15) is 0 Å². The summed E-state index contributed by atoms with van der Waals surface area (Å²) in [6.07, 6.45) is 1.43. The Morgan fingerprint density at radius 3 is 2.94 bits per heavy atom. The second-order valence-corrected chi connectivity index (χ2v) is 3.36. The van der Waals surface area contributed by atoms with Crippen molar-refractivity contribution in [1.29, 1.82) is 5.26 Å². The van der Waals surface area contributed by atoms with Gasteiger partial charge in [-0.25, -0.2) is 0 Å². The van der Waals surface area contributed by atoms with Gasteiger partial charge in [0.15, 0.2) is 0 Å². The van der Waals surface area contributed by atoms with Crippen LogP contribution < -0.4 is 4.74 Å². The zero-order chi connectivity index (χ0) is 11.4. The first-order valence-electron chi connectivity index (χ1n) is 4.45. The Balaban J connectivity index is 2.31. The van der Waals surface area contributed by atoms with E-state index in [4.69, 9.17) is 21.6 Å². The van der Waals surface area contributed by atoms with E-state index >= 15 is 0 Å². The predicted molar refractivity (Wildman–Crippen MR) is 58.3 cm³/mol. The lowest BCUT2D eigenvalue weighted by atomic mass is 10.3. The molecule has 0 aliphatic carbocycles. The van der Waals surface area contributed by atoms with Gasteiger partial charge in [-0.05, 0) is 24.3 Å². The predicted octanol–water partition coefficient (Wildman–Crippen LogP) is 2.79. The average Bonchev–Trinajstić information content (AvgIpc) is 2.30. The molecule has 1 aromatic heterocycles. The maximum absolute atomic E-state index is 8.83. The summed E-state index contributed by atoms with van der Waals surface area (Å²) in [5.74, 6) is 0.691. The molecule has 2 aromatic rings. The van der Waals surface area contributed by atoms with Crippen molar-refractivity contribution in [3.05, 3.63) is 47.1 Å². The van der Waals surface area contributed by atoms with Gasteiger partial charge in [-0.1, -0.05) is 17.7 Å². The van der Waals surface area contributed by atoms with Crippen molar-refractivity contribution >= 4 is 11.6 Å². The van der Waals surface area contributed by atoms with Gasteiger partial charge in [-0.2, -0.15) is 10.4 Å². The van der Waals surface area contributed by atoms with E-state index in [0.717, 1.165) is 0 Å². The molecule has 1 heterocycles. The first-order chi connectivity index (χ1) is 7.79. The Labute approximate surface area is 97.1 Å². The molecule has 1 aromatic carbocycles. The molecule has 0 radical (unpaired) electrons. The molecule has 0 fully saturated rings. The number of rotatable bonds is 2. The summed E-state index contributed by atoms with van der Waals surface area (Å²) < 4.78 is 5.40. The van der Waals surface area contributed by atoms with E-state index in [1.807, 2.05) is 6.07 Å². The topological polar surface area (TPSA) is 58.8 Å². The standard InChI is InChI=1S/C11H6ClN3O/c12-9-2-1-3-10(6-9)16-11-8(7-13)4-5-14-15-11/h1-6H. The fourth-order valence-corrected chi connectivity index (χ4v) is 1.30. The minimum atomic E-state index is 0.173. The van der Waals surface area contributed by atoms with Crippen LogP contribution in [0.3, 0.4) is 0 Å². The molecule has 0 bridgehead atoms. The third-order valence-electron chi connectivity index (χ3n) is 1.82. The van der Waals surface area contributed by atoms with E-state index in [1.54, 1.807) is 24.3 Å². The van der Waals surface area contributed by atoms with Gasteiger partial charge < -0.3 is 4.74 Å². The van der Waals surface area contributed by atoms with Crippen molar-refractivity contribution in [1.82, 2.24) is 10.2 Å². The highest BCUT2D eigenvalue weighted by atomic mass is 35.5. The number of hydrogen-bond donors (Lipinski definition) is 0. The highest BCUT2D eigenvalue weighted by Gasteiger charge is 2.06. The van der Waals surface area contributed by atoms with Crippen LogP contribution in [0, 0.1) is 11.3 Å². The Hall–Kier alpha value is -2.12. The molecule has 4 nitrogen and oxygen atoms in total. The summed E-state index contributed by atoms with van der Waals surface area (Å²) in [5.41, 5.74) is 0.329. The zero-order valence-electron chi connectivity index (χ0n) is 8.09. The van der Waals surface area contributed by atoms with Crippen LogP contribution >= 0.6 is 11.6 Å². The Bertz CT molecular complexity index is 551. The largest absolute Gasteiger partial charge is 0.437 e. The third kappa shape index (κ3) is 2.27. The van der Waals surface area contributed by atoms with Crippen molar-refractivity contribution in [2.24, 2.45) is 0 Å². The molecular weight excluding hydrogens is 226 g/mol. The summed E-state index contributed by atoms with van der Waals surface area (Å²) in [7, 11) is 0. The summed E-state index contributed by atoms with van der Waals surface area (Å²) in [6.45, 7) is 0. The molecule has 78 valence electrons. The maximum atomic E-state index is 8.83. The second-order valence-electron chi connectivity index (χ2n) is 2.92. The molecule has 0 spiro atoms. The minimum absolute atomic E-state index is 0.173. The first-order valence-corrected chi connectivity index (χ1v) is 4.82. The van der Waals surface area contributed by atoms with Crippen LogP contribution in [0.25, 0.3) is 0 Å². The quantitative estimate of drug-likeness (QED) is 0.797. The van der Waals surface area contributed by atoms with Gasteiger partial charge in [-0.3, -0.25) is 0 Å². The van der Waals surface area contributed by atoms with E-state index in [-0.39, 0.29) is 5.88 Å². The number of nitriles is 1. The molecule has 0 atom stereocenters. The minimum Gasteiger partial charge on any atom is -0.437 e. The summed E-state index contributed by atoms with van der Waals surface area (Å²) >= 11 is 5.80. The van der Waals surface area contributed by atoms with Crippen LogP contribution in [-0.4, -0.2) is 10.2 Å². The highest BCUT2D eigenvalue weighted by molar-refractivity contribution is 6.30. The lowest BCUT2D eigenvalue weighted by molar-refractivity contribution is 0.453. The fraction of sp³-hybridized carbons (Fsp3) is 0. The number of aromatic nitrogens is 2. The highest BCUT2D eigenvalue weighted by Crippen LogP contribution is 2.24. The molecule has 0 aliphatic rings. The molecule has 0 aliphatic heterocycles. The molecule has 0 amide bonds. The van der Waals surface area contributed by atoms with E-state index < -0.39 is 0 Å². The normalized spacial score (nSPS) is 9.50. The van der Waals surface area contributed by atoms with Gasteiger partial charge in [-0.15, -0.1) is 5.10 Å². The molecular formula is C11H6ClN3O. The SMILES string of the molecule is N#Cc1ccnnc1Oc1cccc(Cl)c1. The number of benzene rings is 1. The number of ether oxygens (including phenoxy) is 1. The van der Waals surface area contributed by atoms with Crippen molar-refractivity contribution in [2.75, 3.05) is 0 Å². The van der Waals surface area contributed by atoms with Gasteiger partial charge >= 0.3 is 0 Å². The molecule has 0 unspecified atom stereocenters. The average molecular weight is 232 g/mol. The Morgan fingerprint density at radius 2 is 2.19 bits per heavy atom. The lowest BCUT2D eigenvalue weighted by Gasteiger charge is -2.04. The van der Waals surface area contributed by atoms with Crippen molar-refractivity contribution in [2.45, 2.75) is 0 Å². The number of nitrogens with zero attached hydrogens (tertiary/aromatic N) is 3. The maximum Gasteiger partial charge on any atom is 0.256 e. The molecule has 16 heavy (non-hydrogen) atoms. The molecule has 0 saturated heterocycles. The van der Waals surface area contributed by atoms with Gasteiger partial charge in [0.25, 0.3) is 5.88 Å². The van der Waals surface area contributed by atoms with E-state index in [0.29, 0.717) is 16.3 Å². The molecule has 5 heteroatoms. The Kier molecular flexibility index (Phi) is 2.99. The van der Waals surface area contributed by atoms with Crippen LogP contribution in [0.1, 0.15) is 5.56 Å². The number of hydrogen-bond acceptors (Lipinski definition) is 4. The van der Waals surface area contributed by atoms with Gasteiger partial charge in [0.2, 0.25) is 0 Å². The van der Waals surface area contributed by atoms with Crippen LogP contribution in [0.5, 0.6) is 11.6 Å². The van der Waals surface area contributed by atoms with Crippen molar-refractivity contribution in [3.8, 4) is 17.7 Å². The molecule has 0 N–H and O–H groups in total. The second kappa shape index (κ2) is 4.60. The van der Waals surface area contributed by atoms with Gasteiger partial charge in [0.05, 0.1) is 6.20 Å². The third-order valence-corrected chi connectivity index (χ3v) is 2.05. The zero-order valence-corrected chi connectivity index (χ0v) is 8.85. The monoisotopic (exact) mass is 231 g/mol. The van der Waals surface area contributed by atoms with Crippen molar-refractivity contribution < 1.29 is 4.74 Å². The van der Waals surface area contributed by atoms with Gasteiger partial charge in [0.1, 0.15) is 17.4 Å². The number of halogens is 1. The van der Waals surface area contributed by atoms with E-state index in [2.05, 4.69) is 10.2 Å². The van der Waals surface area contributed by atoms with Crippen LogP contribution in [0.2, 0.25) is 5.02 Å². The summed E-state index contributed by atoms with van der Waals surface area (Å²) in [6, 6.07) is 10.3. The van der Waals surface area contributed by atoms with Gasteiger partial charge in [0, 0.05) is 5.02 Å². The van der Waals surface area contributed by atoms with Crippen molar-refractivity contribution in [3.63, 3.8) is 0 Å². The molecule has 0 saturated carbocycles. The molecule has 2 rings (SSSR count). The lowest BCUT2D eigenvalue weighted by Crippen LogP contribution is -1.93. The first kappa shape index (κ1) is 10.4. The van der Waals surface area contributed by atoms with Crippen LogP contribution in [-0.2, 0) is 0 Å².